The van der Waals surface area contributed by atoms with E-state index in [9.17, 15) is 17.6 Å². The van der Waals surface area contributed by atoms with Crippen LogP contribution >= 0.6 is 11.8 Å². The van der Waals surface area contributed by atoms with Crippen LogP contribution < -0.4 is 19.9 Å². The number of hydrogen-bond acceptors (Lipinski definition) is 7. The maximum absolute atomic E-state index is 13.1. The summed E-state index contributed by atoms with van der Waals surface area (Å²) in [6.45, 7) is 0.215. The lowest BCUT2D eigenvalue weighted by molar-refractivity contribution is -0.115. The van der Waals surface area contributed by atoms with Gasteiger partial charge < -0.3 is 14.8 Å². The maximum Gasteiger partial charge on any atom is 0.264 e. The second kappa shape index (κ2) is 10.3. The van der Waals surface area contributed by atoms with E-state index in [-0.39, 0.29) is 23.2 Å². The van der Waals surface area contributed by atoms with E-state index < -0.39 is 10.0 Å². The van der Waals surface area contributed by atoms with Crippen LogP contribution in [0.4, 0.5) is 10.1 Å². The summed E-state index contributed by atoms with van der Waals surface area (Å²) in [7, 11) is -2.27. The molecule has 1 heterocycles. The minimum atomic E-state index is -3.80. The molecule has 8 nitrogen and oxygen atoms in total. The van der Waals surface area contributed by atoms with Gasteiger partial charge in [-0.1, -0.05) is 18.2 Å². The lowest BCUT2D eigenvalue weighted by Gasteiger charge is -2.11. The van der Waals surface area contributed by atoms with Crippen molar-refractivity contribution in [2.24, 2.45) is 10.1 Å². The number of aliphatic imine (C=N–C) groups is 1. The van der Waals surface area contributed by atoms with Crippen LogP contribution in [-0.2, 0) is 21.4 Å². The average Bonchev–Trinajstić information content (AvgIpc) is 3.16. The number of halogens is 1. The number of carbonyl (C=O) groups excluding carboxylic acids is 1. The largest absolute Gasteiger partial charge is 0.493 e. The first-order chi connectivity index (χ1) is 16.7. The molecule has 3 N–H and O–H groups in total. The molecule has 4 rings (SSSR count). The molecule has 35 heavy (non-hydrogen) atoms. The highest BCUT2D eigenvalue weighted by Gasteiger charge is 2.24. The predicted molar refractivity (Wildman–Crippen MR) is 132 cm³/mol. The number of benzene rings is 3. The van der Waals surface area contributed by atoms with Crippen molar-refractivity contribution >= 4 is 44.6 Å². The number of carbonyl (C=O) groups is 1. The van der Waals surface area contributed by atoms with Gasteiger partial charge in [-0.15, -0.1) is 0 Å². The highest BCUT2D eigenvalue weighted by atomic mass is 32.2. The van der Waals surface area contributed by atoms with Gasteiger partial charge >= 0.3 is 0 Å². The summed E-state index contributed by atoms with van der Waals surface area (Å²) < 4.78 is 47.1. The molecular formula is C24H20FN3O5S2. The van der Waals surface area contributed by atoms with Crippen LogP contribution in [0.5, 0.6) is 11.5 Å². The number of ether oxygens (including phenoxy) is 2. The van der Waals surface area contributed by atoms with Crippen molar-refractivity contribution in [1.29, 1.82) is 0 Å². The zero-order valence-electron chi connectivity index (χ0n) is 18.4. The van der Waals surface area contributed by atoms with Gasteiger partial charge in [0.25, 0.3) is 5.91 Å². The first-order valence-electron chi connectivity index (χ1n) is 10.2. The minimum Gasteiger partial charge on any atom is -0.493 e. The summed E-state index contributed by atoms with van der Waals surface area (Å²) in [5.74, 6) is 0.344. The first-order valence-corrected chi connectivity index (χ1v) is 12.6. The Balaban J connectivity index is 1.50. The van der Waals surface area contributed by atoms with Crippen LogP contribution in [0.25, 0.3) is 6.08 Å². The molecule has 0 spiro atoms. The highest BCUT2D eigenvalue weighted by molar-refractivity contribution is 8.18. The van der Waals surface area contributed by atoms with Crippen LogP contribution in [0.3, 0.4) is 0 Å². The normalized spacial score (nSPS) is 15.9. The topological polar surface area (TPSA) is 120 Å². The van der Waals surface area contributed by atoms with Gasteiger partial charge in [-0.2, -0.15) is 0 Å². The number of hydrogen-bond donors (Lipinski definition) is 2. The van der Waals surface area contributed by atoms with Crippen molar-refractivity contribution in [2.45, 2.75) is 11.5 Å². The predicted octanol–water partition coefficient (Wildman–Crippen LogP) is 3.95. The molecule has 0 atom stereocenters. The van der Waals surface area contributed by atoms with Crippen LogP contribution in [0.2, 0.25) is 0 Å². The van der Waals surface area contributed by atoms with Gasteiger partial charge in [0.2, 0.25) is 10.0 Å². The third-order valence-corrected chi connectivity index (χ3v) is 6.68. The van der Waals surface area contributed by atoms with Crippen LogP contribution in [0.1, 0.15) is 11.1 Å². The van der Waals surface area contributed by atoms with E-state index >= 15 is 0 Å². The van der Waals surface area contributed by atoms with Gasteiger partial charge in [0.15, 0.2) is 16.7 Å². The Morgan fingerprint density at radius 1 is 1.06 bits per heavy atom. The lowest BCUT2D eigenvalue weighted by atomic mass is 10.2. The van der Waals surface area contributed by atoms with Gasteiger partial charge in [0.1, 0.15) is 12.4 Å². The molecule has 1 aliphatic rings. The summed E-state index contributed by atoms with van der Waals surface area (Å²) in [5.41, 5.74) is 1.96. The number of primary sulfonamides is 1. The molecule has 0 bridgehead atoms. The number of methoxy groups -OCH3 is 1. The van der Waals surface area contributed by atoms with Crippen molar-refractivity contribution in [3.8, 4) is 11.5 Å². The summed E-state index contributed by atoms with van der Waals surface area (Å²) >= 11 is 1.15. The fourth-order valence-corrected chi connectivity index (χ4v) is 4.45. The van der Waals surface area contributed by atoms with Crippen molar-refractivity contribution in [1.82, 2.24) is 5.32 Å². The molecule has 1 aliphatic heterocycles. The Kier molecular flexibility index (Phi) is 7.20. The van der Waals surface area contributed by atoms with E-state index in [0.29, 0.717) is 32.8 Å². The Bertz CT molecular complexity index is 1420. The highest BCUT2D eigenvalue weighted by Crippen LogP contribution is 2.33. The Labute approximate surface area is 205 Å². The van der Waals surface area contributed by atoms with Crippen LogP contribution in [-0.4, -0.2) is 26.6 Å². The molecule has 3 aromatic carbocycles. The molecule has 0 saturated carbocycles. The standard InChI is InChI=1S/C24H20FN3O5S2/c1-32-20-11-4-16(12-21(20)33-14-15-2-5-17(25)6-3-15)13-22-23(29)28-24(34-22)27-18-7-9-19(10-8-18)35(26,30)31/h2-13H,14H2,1H3,(H2,26,30,31)(H,27,28,29)/b22-13-. The number of amides is 1. The van der Waals surface area contributed by atoms with Gasteiger partial charge in [0.05, 0.1) is 22.6 Å². The number of rotatable bonds is 7. The van der Waals surface area contributed by atoms with E-state index in [1.807, 2.05) is 0 Å². The third kappa shape index (κ3) is 6.27. The minimum absolute atomic E-state index is 0.0258. The average molecular weight is 514 g/mol. The SMILES string of the molecule is COc1ccc(/C=C2\SC(=Nc3ccc(S(N)(=O)=O)cc3)NC2=O)cc1OCc1ccc(F)cc1. The molecule has 1 fully saturated rings. The van der Waals surface area contributed by atoms with E-state index in [4.69, 9.17) is 14.6 Å². The van der Waals surface area contributed by atoms with Gasteiger partial charge in [-0.25, -0.2) is 22.9 Å². The lowest BCUT2D eigenvalue weighted by Crippen LogP contribution is -2.19. The zero-order chi connectivity index (χ0) is 25.0. The maximum atomic E-state index is 13.1. The van der Waals surface area contributed by atoms with Crippen LogP contribution in [0, 0.1) is 5.82 Å². The smallest absolute Gasteiger partial charge is 0.264 e. The summed E-state index contributed by atoms with van der Waals surface area (Å²) in [6.07, 6.45) is 1.69. The Morgan fingerprint density at radius 3 is 2.43 bits per heavy atom. The van der Waals surface area contributed by atoms with Crippen LogP contribution in [0.15, 0.2) is 81.5 Å². The van der Waals surface area contributed by atoms with Gasteiger partial charge in [-0.3, -0.25) is 4.79 Å². The fraction of sp³-hybridized carbons (Fsp3) is 0.0833. The molecule has 3 aromatic rings. The number of nitrogens with one attached hydrogen (secondary N) is 1. The first kappa shape index (κ1) is 24.5. The summed E-state index contributed by atoms with van der Waals surface area (Å²) in [4.78, 5) is 17.2. The van der Waals surface area contributed by atoms with E-state index in [2.05, 4.69) is 10.3 Å². The summed E-state index contributed by atoms with van der Waals surface area (Å²) in [6, 6.07) is 16.9. The number of nitrogens with two attached hydrogens (primary N) is 1. The van der Waals surface area contributed by atoms with E-state index in [0.717, 1.165) is 17.3 Å². The van der Waals surface area contributed by atoms with Crippen molar-refractivity contribution in [3.63, 3.8) is 0 Å². The molecule has 180 valence electrons. The number of nitrogens with zero attached hydrogens (tertiary/aromatic N) is 1. The van der Waals surface area contributed by atoms with Gasteiger partial charge in [0, 0.05) is 0 Å². The number of amidine groups is 1. The molecule has 0 aliphatic carbocycles. The molecule has 0 unspecified atom stereocenters. The number of sulfonamides is 1. The molecule has 1 amide bonds. The second-order valence-corrected chi connectivity index (χ2v) is 9.94. The monoisotopic (exact) mass is 513 g/mol. The zero-order valence-corrected chi connectivity index (χ0v) is 20.0. The van der Waals surface area contributed by atoms with Crippen molar-refractivity contribution in [3.05, 3.63) is 88.6 Å². The Morgan fingerprint density at radius 2 is 1.77 bits per heavy atom. The quantitative estimate of drug-likeness (QED) is 0.462. The third-order valence-electron chi connectivity index (χ3n) is 4.84. The van der Waals surface area contributed by atoms with Crippen molar-refractivity contribution in [2.75, 3.05) is 7.11 Å². The van der Waals surface area contributed by atoms with Gasteiger partial charge in [-0.05, 0) is 77.5 Å². The summed E-state index contributed by atoms with van der Waals surface area (Å²) in [5, 5.41) is 8.14. The second-order valence-electron chi connectivity index (χ2n) is 7.35. The molecule has 1 saturated heterocycles. The van der Waals surface area contributed by atoms with Crippen molar-refractivity contribution < 1.29 is 27.1 Å². The van der Waals surface area contributed by atoms with E-state index in [1.165, 1.54) is 43.5 Å². The molecule has 0 aromatic heterocycles. The molecular weight excluding hydrogens is 493 g/mol. The van der Waals surface area contributed by atoms with E-state index in [1.54, 1.807) is 36.4 Å². The number of thioether (sulfide) groups is 1. The Hall–Kier alpha value is -3.67. The molecule has 0 radical (unpaired) electrons. The molecule has 11 heteroatoms. The fourth-order valence-electron chi connectivity index (χ4n) is 3.10.